The number of carbonyl (C=O) groups is 1. The Labute approximate surface area is 190 Å². The van der Waals surface area contributed by atoms with Gasteiger partial charge in [0.2, 0.25) is 5.88 Å². The van der Waals surface area contributed by atoms with Gasteiger partial charge in [-0.3, -0.25) is 14.7 Å². The van der Waals surface area contributed by atoms with Crippen LogP contribution in [0.3, 0.4) is 0 Å². The maximum absolute atomic E-state index is 10.8. The molecule has 0 bridgehead atoms. The van der Waals surface area contributed by atoms with E-state index >= 15 is 0 Å². The summed E-state index contributed by atoms with van der Waals surface area (Å²) >= 11 is 3.44. The topological polar surface area (TPSA) is 90.8 Å². The number of ether oxygens (including phenoxy) is 1. The number of piperidine rings is 1. The van der Waals surface area contributed by atoms with Gasteiger partial charge in [0.25, 0.3) is 0 Å². The molecule has 1 saturated heterocycles. The Morgan fingerprint density at radius 2 is 1.81 bits per heavy atom. The minimum Gasteiger partial charge on any atom is -0.473 e. The number of nitrogens with one attached hydrogen (secondary N) is 1. The van der Waals surface area contributed by atoms with Crippen LogP contribution in [0.2, 0.25) is 0 Å². The van der Waals surface area contributed by atoms with Crippen LogP contribution in [0.15, 0.2) is 46.5 Å². The lowest BCUT2D eigenvalue weighted by Crippen LogP contribution is -2.49. The Hall–Kier alpha value is -1.69. The van der Waals surface area contributed by atoms with Crippen molar-refractivity contribution in [1.82, 2.24) is 24.1 Å². The van der Waals surface area contributed by atoms with Gasteiger partial charge in [-0.2, -0.15) is 0 Å². The molecule has 31 heavy (non-hydrogen) atoms. The Morgan fingerprint density at radius 3 is 2.48 bits per heavy atom. The average Bonchev–Trinajstić information content (AvgIpc) is 3.20. The number of hydrogen-bond donors (Lipinski definition) is 2. The first-order chi connectivity index (χ1) is 15.2. The number of aliphatic hydroxyl groups excluding tert-OH is 1. The molecule has 2 N–H and O–H groups in total. The highest BCUT2D eigenvalue weighted by atomic mass is 32.2. The first-order valence-corrected chi connectivity index (χ1v) is 12.1. The summed E-state index contributed by atoms with van der Waals surface area (Å²) in [5.41, 5.74) is 4.45. The molecule has 2 fully saturated rings. The second kappa shape index (κ2) is 9.43. The van der Waals surface area contributed by atoms with Crippen molar-refractivity contribution >= 4 is 30.2 Å². The number of rotatable bonds is 7. The van der Waals surface area contributed by atoms with Crippen molar-refractivity contribution in [3.05, 3.63) is 42.4 Å². The van der Waals surface area contributed by atoms with Crippen molar-refractivity contribution in [2.24, 2.45) is 0 Å². The lowest BCUT2D eigenvalue weighted by atomic mass is 9.89. The summed E-state index contributed by atoms with van der Waals surface area (Å²) < 4.78 is 8.35. The number of hydrazine groups is 1. The van der Waals surface area contributed by atoms with Crippen molar-refractivity contribution in [3.8, 4) is 5.88 Å². The number of hydrogen-bond acceptors (Lipinski definition) is 10. The molecule has 0 amide bonds. The Balaban J connectivity index is 1.12. The van der Waals surface area contributed by atoms with E-state index in [0.717, 1.165) is 31.4 Å². The monoisotopic (exact) mass is 459 g/mol. The fraction of sp³-hybridized carbons (Fsp3) is 0.476. The zero-order valence-corrected chi connectivity index (χ0v) is 18.6. The Morgan fingerprint density at radius 1 is 1.13 bits per heavy atom. The van der Waals surface area contributed by atoms with E-state index in [4.69, 9.17) is 4.74 Å². The number of fused-ring (bicyclic) bond motifs is 1. The van der Waals surface area contributed by atoms with E-state index in [1.165, 1.54) is 9.79 Å². The average molecular weight is 460 g/mol. The quantitative estimate of drug-likeness (QED) is 0.476. The van der Waals surface area contributed by atoms with Gasteiger partial charge in [-0.1, -0.05) is 12.1 Å². The highest BCUT2D eigenvalue weighted by molar-refractivity contribution is 8.14. The second-order valence-corrected chi connectivity index (χ2v) is 10.2. The molecule has 2 aliphatic heterocycles. The van der Waals surface area contributed by atoms with Crippen LogP contribution >= 0.6 is 23.9 Å². The summed E-state index contributed by atoms with van der Waals surface area (Å²) in [6.07, 6.45) is 6.56. The highest BCUT2D eigenvalue weighted by Crippen LogP contribution is 2.45. The van der Waals surface area contributed by atoms with Gasteiger partial charge in [-0.15, -0.1) is 3.82 Å². The maximum atomic E-state index is 10.8. The predicted octanol–water partition coefficient (Wildman–Crippen LogP) is 2.62. The molecule has 1 saturated carbocycles. The molecule has 1 aromatic heterocycles. The van der Waals surface area contributed by atoms with Crippen molar-refractivity contribution in [2.45, 2.75) is 59.8 Å². The molecule has 1 unspecified atom stereocenters. The van der Waals surface area contributed by atoms with Crippen LogP contribution < -0.4 is 10.2 Å². The normalized spacial score (nSPS) is 25.6. The first kappa shape index (κ1) is 21.2. The molecule has 5 rings (SSSR count). The van der Waals surface area contributed by atoms with Crippen LogP contribution in [-0.4, -0.2) is 61.5 Å². The van der Waals surface area contributed by atoms with Crippen LogP contribution in [0.4, 0.5) is 0 Å². The molecule has 3 aliphatic rings. The van der Waals surface area contributed by atoms with Crippen molar-refractivity contribution in [1.29, 1.82) is 0 Å². The standard InChI is InChI=1S/C21H25N5O3S2/c27-13-19(28)25-9-5-14(6-10-25)20-21(23-8-7-22-20)29-16-11-15(12-16)24-26-30-17-3-1-2-4-18(17)31-26/h1-4,7-8,13-16,19,24,28H,5-6,9-12H2/t15-,16-,19?. The van der Waals surface area contributed by atoms with E-state index in [0.29, 0.717) is 31.3 Å². The first-order valence-electron chi connectivity index (χ1n) is 10.6. The van der Waals surface area contributed by atoms with Crippen LogP contribution in [-0.2, 0) is 4.79 Å². The van der Waals surface area contributed by atoms with Gasteiger partial charge in [-0.25, -0.2) is 10.4 Å². The second-order valence-electron chi connectivity index (χ2n) is 8.03. The number of aromatic nitrogens is 2. The molecule has 1 atom stereocenters. The number of aldehydes is 1. The van der Waals surface area contributed by atoms with Crippen molar-refractivity contribution in [2.75, 3.05) is 13.1 Å². The van der Waals surface area contributed by atoms with E-state index in [-0.39, 0.29) is 12.0 Å². The van der Waals surface area contributed by atoms with E-state index in [9.17, 15) is 9.90 Å². The van der Waals surface area contributed by atoms with Crippen molar-refractivity contribution < 1.29 is 14.6 Å². The number of likely N-dealkylation sites (tertiary alicyclic amines) is 1. The van der Waals surface area contributed by atoms with Gasteiger partial charge in [0, 0.05) is 60.1 Å². The van der Waals surface area contributed by atoms with Gasteiger partial charge in [0.05, 0.1) is 0 Å². The lowest BCUT2D eigenvalue weighted by molar-refractivity contribution is -0.125. The number of benzene rings is 1. The van der Waals surface area contributed by atoms with Gasteiger partial charge in [-0.05, 0) is 48.9 Å². The molecule has 1 aliphatic carbocycles. The SMILES string of the molecule is O=CC(O)N1CCC(c2nccnc2O[C@H]2C[C@H](NN3Sc4ccccc4S3)C2)CC1. The van der Waals surface area contributed by atoms with Crippen LogP contribution in [0.1, 0.15) is 37.3 Å². The van der Waals surface area contributed by atoms with Crippen molar-refractivity contribution in [3.63, 3.8) is 0 Å². The summed E-state index contributed by atoms with van der Waals surface area (Å²) in [7, 11) is 0. The third kappa shape index (κ3) is 4.74. The van der Waals surface area contributed by atoms with Gasteiger partial charge in [0.15, 0.2) is 12.5 Å². The smallest absolute Gasteiger partial charge is 0.236 e. The minimum absolute atomic E-state index is 0.130. The summed E-state index contributed by atoms with van der Waals surface area (Å²) in [4.78, 5) is 24.2. The summed E-state index contributed by atoms with van der Waals surface area (Å²) in [6.45, 7) is 1.31. The van der Waals surface area contributed by atoms with E-state index in [1.807, 2.05) is 0 Å². The molecule has 1 aromatic carbocycles. The van der Waals surface area contributed by atoms with Crippen LogP contribution in [0.5, 0.6) is 5.88 Å². The minimum atomic E-state index is -1.02. The number of aliphatic hydroxyl groups is 1. The van der Waals surface area contributed by atoms with Gasteiger partial charge in [0.1, 0.15) is 11.8 Å². The Kier molecular flexibility index (Phi) is 6.44. The summed E-state index contributed by atoms with van der Waals surface area (Å²) in [5.74, 6) is 0.848. The third-order valence-electron chi connectivity index (χ3n) is 5.98. The highest BCUT2D eigenvalue weighted by Gasteiger charge is 2.36. The van der Waals surface area contributed by atoms with Gasteiger partial charge >= 0.3 is 0 Å². The van der Waals surface area contributed by atoms with Crippen LogP contribution in [0.25, 0.3) is 0 Å². The van der Waals surface area contributed by atoms with Gasteiger partial charge < -0.3 is 9.84 Å². The van der Waals surface area contributed by atoms with E-state index in [1.54, 1.807) is 41.2 Å². The molecule has 0 spiro atoms. The zero-order valence-electron chi connectivity index (χ0n) is 17.0. The maximum Gasteiger partial charge on any atom is 0.236 e. The number of nitrogens with zero attached hydrogens (tertiary/aromatic N) is 4. The lowest BCUT2D eigenvalue weighted by Gasteiger charge is -2.38. The van der Waals surface area contributed by atoms with E-state index < -0.39 is 6.23 Å². The molecule has 2 aromatic rings. The predicted molar refractivity (Wildman–Crippen MR) is 118 cm³/mol. The largest absolute Gasteiger partial charge is 0.473 e. The molecule has 164 valence electrons. The molecular weight excluding hydrogens is 434 g/mol. The molecule has 8 nitrogen and oxygen atoms in total. The summed E-state index contributed by atoms with van der Waals surface area (Å²) in [5, 5.41) is 9.72. The molecule has 10 heteroatoms. The Bertz CT molecular complexity index is 896. The fourth-order valence-electron chi connectivity index (χ4n) is 4.16. The third-order valence-corrected chi connectivity index (χ3v) is 8.20. The molecule has 0 radical (unpaired) electrons. The molecular formula is C21H25N5O3S2. The zero-order chi connectivity index (χ0) is 21.2. The summed E-state index contributed by atoms with van der Waals surface area (Å²) in [6, 6.07) is 8.79. The fourth-order valence-corrected chi connectivity index (χ4v) is 6.37. The molecule has 3 heterocycles. The number of carbonyl (C=O) groups excluding carboxylic acids is 1. The van der Waals surface area contributed by atoms with E-state index in [2.05, 4.69) is 43.5 Å². The van der Waals surface area contributed by atoms with Crippen LogP contribution in [0, 0.1) is 0 Å².